The molecule has 6 nitrogen and oxygen atoms in total. The van der Waals surface area contributed by atoms with E-state index >= 15 is 0 Å². The zero-order valence-electron chi connectivity index (χ0n) is 15.8. The van der Waals surface area contributed by atoms with E-state index in [1.54, 1.807) is 18.2 Å². The Hall–Kier alpha value is -4.37. The van der Waals surface area contributed by atoms with Crippen LogP contribution >= 0.6 is 0 Å². The Balaban J connectivity index is 1.80. The Morgan fingerprint density at radius 1 is 0.933 bits per heavy atom. The molecule has 0 amide bonds. The van der Waals surface area contributed by atoms with Crippen LogP contribution in [0.5, 0.6) is 5.75 Å². The molecular formula is C24H17NO5. The minimum Gasteiger partial charge on any atom is -0.502 e. The molecule has 3 aromatic rings. The predicted molar refractivity (Wildman–Crippen MR) is 110 cm³/mol. The number of aliphatic hydroxyl groups is 1. The van der Waals surface area contributed by atoms with Crippen LogP contribution in [0.15, 0.2) is 84.6 Å². The summed E-state index contributed by atoms with van der Waals surface area (Å²) >= 11 is 0. The lowest BCUT2D eigenvalue weighted by molar-refractivity contribution is -0.135. The van der Waals surface area contributed by atoms with Gasteiger partial charge in [0, 0.05) is 17.2 Å². The van der Waals surface area contributed by atoms with Crippen molar-refractivity contribution in [1.82, 2.24) is 0 Å². The average molecular weight is 399 g/mol. The summed E-state index contributed by atoms with van der Waals surface area (Å²) in [5, 5.41) is 27.3. The highest BCUT2D eigenvalue weighted by Gasteiger charge is 2.11. The molecule has 0 spiro atoms. The summed E-state index contributed by atoms with van der Waals surface area (Å²) < 4.78 is 5.77. The van der Waals surface area contributed by atoms with E-state index in [1.165, 1.54) is 12.1 Å². The fourth-order valence-electron chi connectivity index (χ4n) is 2.80. The Kier molecular flexibility index (Phi) is 6.26. The molecule has 0 bridgehead atoms. The topological polar surface area (TPSA) is 108 Å². The summed E-state index contributed by atoms with van der Waals surface area (Å²) in [5.41, 5.74) is 3.31. The number of ether oxygens (including phenoxy) is 1. The van der Waals surface area contributed by atoms with Crippen molar-refractivity contribution in [2.24, 2.45) is 0 Å². The van der Waals surface area contributed by atoms with Crippen molar-refractivity contribution >= 4 is 11.8 Å². The molecule has 0 unspecified atom stereocenters. The number of carboxylic acids is 1. The number of aliphatic hydroxyl groups excluding tert-OH is 1. The smallest absolute Gasteiger partial charge is 0.371 e. The predicted octanol–water partition coefficient (Wildman–Crippen LogP) is 4.51. The molecule has 6 heteroatoms. The van der Waals surface area contributed by atoms with E-state index in [1.807, 2.05) is 42.5 Å². The Morgan fingerprint density at radius 2 is 1.70 bits per heavy atom. The molecule has 0 aliphatic heterocycles. The van der Waals surface area contributed by atoms with E-state index < -0.39 is 17.5 Å². The molecule has 0 saturated heterocycles. The lowest BCUT2D eigenvalue weighted by Crippen LogP contribution is -2.04. The summed E-state index contributed by atoms with van der Waals surface area (Å²) in [6.07, 6.45) is 0.637. The maximum atomic E-state index is 12.1. The quantitative estimate of drug-likeness (QED) is 0.344. The summed E-state index contributed by atoms with van der Waals surface area (Å²) in [6, 6.07) is 23.5. The maximum absolute atomic E-state index is 12.1. The van der Waals surface area contributed by atoms with Gasteiger partial charge in [-0.1, -0.05) is 48.5 Å². The van der Waals surface area contributed by atoms with Crippen molar-refractivity contribution < 1.29 is 24.5 Å². The zero-order chi connectivity index (χ0) is 21.5. The maximum Gasteiger partial charge on any atom is 0.371 e. The van der Waals surface area contributed by atoms with Crippen LogP contribution < -0.4 is 4.74 Å². The molecular weight excluding hydrogens is 382 g/mol. The van der Waals surface area contributed by atoms with Crippen LogP contribution in [0.4, 0.5) is 0 Å². The number of carboxylic acid groups (broad SMARTS) is 1. The van der Waals surface area contributed by atoms with Crippen LogP contribution in [0.25, 0.3) is 11.1 Å². The number of allylic oxidation sites excluding steroid dienone is 1. The summed E-state index contributed by atoms with van der Waals surface area (Å²) in [6.45, 7) is 0.109. The number of nitriles is 1. The second-order valence-electron chi connectivity index (χ2n) is 6.37. The Bertz CT molecular complexity index is 1160. The van der Waals surface area contributed by atoms with Gasteiger partial charge in [-0.05, 0) is 35.4 Å². The first-order chi connectivity index (χ1) is 14.5. The summed E-state index contributed by atoms with van der Waals surface area (Å²) in [5.74, 6) is -2.91. The molecule has 30 heavy (non-hydrogen) atoms. The highest BCUT2D eigenvalue weighted by atomic mass is 16.5. The van der Waals surface area contributed by atoms with Gasteiger partial charge in [-0.15, -0.1) is 0 Å². The number of aliphatic carboxylic acids is 1. The van der Waals surface area contributed by atoms with E-state index in [9.17, 15) is 20.0 Å². The van der Waals surface area contributed by atoms with Crippen molar-refractivity contribution in [3.63, 3.8) is 0 Å². The molecule has 0 heterocycles. The number of benzene rings is 3. The lowest BCUT2D eigenvalue weighted by atomic mass is 10.00. The molecule has 0 saturated carbocycles. The molecule has 0 aromatic heterocycles. The van der Waals surface area contributed by atoms with Gasteiger partial charge in [0.2, 0.25) is 5.76 Å². The fraction of sp³-hybridized carbons (Fsp3) is 0.0417. The van der Waals surface area contributed by atoms with Gasteiger partial charge < -0.3 is 14.9 Å². The number of ketones is 1. The van der Waals surface area contributed by atoms with Gasteiger partial charge in [0.05, 0.1) is 11.6 Å². The van der Waals surface area contributed by atoms with Crippen molar-refractivity contribution in [3.8, 4) is 22.9 Å². The highest BCUT2D eigenvalue weighted by molar-refractivity contribution is 6.07. The second kappa shape index (κ2) is 9.22. The first-order valence-corrected chi connectivity index (χ1v) is 8.97. The third kappa shape index (κ3) is 4.91. The largest absolute Gasteiger partial charge is 0.502 e. The van der Waals surface area contributed by atoms with Crippen molar-refractivity contribution in [2.45, 2.75) is 6.61 Å². The minimum atomic E-state index is -1.59. The van der Waals surface area contributed by atoms with Crippen molar-refractivity contribution in [1.29, 1.82) is 5.26 Å². The number of nitrogens with zero attached hydrogens (tertiary/aromatic N) is 1. The van der Waals surface area contributed by atoms with Gasteiger partial charge in [-0.2, -0.15) is 5.26 Å². The van der Waals surface area contributed by atoms with E-state index in [0.29, 0.717) is 23.0 Å². The summed E-state index contributed by atoms with van der Waals surface area (Å²) in [4.78, 5) is 22.8. The van der Waals surface area contributed by atoms with E-state index in [4.69, 9.17) is 9.84 Å². The number of carbonyl (C=O) groups is 2. The van der Waals surface area contributed by atoms with Gasteiger partial charge >= 0.3 is 5.97 Å². The van der Waals surface area contributed by atoms with Gasteiger partial charge in [0.1, 0.15) is 12.4 Å². The van der Waals surface area contributed by atoms with Crippen LogP contribution in [0, 0.1) is 11.3 Å². The molecule has 148 valence electrons. The Labute approximate surface area is 172 Å². The third-order valence-corrected chi connectivity index (χ3v) is 4.33. The standard InChI is InChI=1S/C24H17NO5/c25-14-19-10-9-17(16-5-2-1-3-6-16)11-20(19)15-30-21-8-4-7-18(12-21)22(26)13-23(27)24(28)29/h1-13,27H,15H2,(H,28,29)/b23-13+. The zero-order valence-corrected chi connectivity index (χ0v) is 15.8. The van der Waals surface area contributed by atoms with Crippen LogP contribution in [0.2, 0.25) is 0 Å². The van der Waals surface area contributed by atoms with Crippen LogP contribution in [0.3, 0.4) is 0 Å². The van der Waals surface area contributed by atoms with E-state index in [-0.39, 0.29) is 12.2 Å². The highest BCUT2D eigenvalue weighted by Crippen LogP contribution is 2.24. The molecule has 3 rings (SSSR count). The molecule has 0 aliphatic rings. The van der Waals surface area contributed by atoms with Gasteiger partial charge in [-0.25, -0.2) is 4.79 Å². The molecule has 0 fully saturated rings. The van der Waals surface area contributed by atoms with Gasteiger partial charge in [0.25, 0.3) is 0 Å². The van der Waals surface area contributed by atoms with Crippen LogP contribution in [-0.2, 0) is 11.4 Å². The summed E-state index contributed by atoms with van der Waals surface area (Å²) in [7, 11) is 0. The Morgan fingerprint density at radius 3 is 2.40 bits per heavy atom. The molecule has 0 radical (unpaired) electrons. The van der Waals surface area contributed by atoms with E-state index in [0.717, 1.165) is 11.1 Å². The van der Waals surface area contributed by atoms with Crippen LogP contribution in [-0.4, -0.2) is 22.0 Å². The number of carbonyl (C=O) groups excluding carboxylic acids is 1. The monoisotopic (exact) mass is 399 g/mol. The van der Waals surface area contributed by atoms with Crippen molar-refractivity contribution in [2.75, 3.05) is 0 Å². The van der Waals surface area contributed by atoms with E-state index in [2.05, 4.69) is 6.07 Å². The second-order valence-corrected chi connectivity index (χ2v) is 6.37. The molecule has 0 aliphatic carbocycles. The van der Waals surface area contributed by atoms with Crippen LogP contribution in [0.1, 0.15) is 21.5 Å². The third-order valence-electron chi connectivity index (χ3n) is 4.33. The van der Waals surface area contributed by atoms with Gasteiger partial charge in [0.15, 0.2) is 5.78 Å². The van der Waals surface area contributed by atoms with Crippen molar-refractivity contribution in [3.05, 3.63) is 101 Å². The first kappa shape index (κ1) is 20.4. The molecule has 2 N–H and O–H groups in total. The number of hydrogen-bond acceptors (Lipinski definition) is 5. The lowest BCUT2D eigenvalue weighted by Gasteiger charge is -2.11. The average Bonchev–Trinajstić information content (AvgIpc) is 2.78. The van der Waals surface area contributed by atoms with Gasteiger partial charge in [-0.3, -0.25) is 4.79 Å². The SMILES string of the molecule is N#Cc1ccc(-c2ccccc2)cc1COc1cccc(C(=O)/C=C(/O)C(=O)O)c1. The normalized spacial score (nSPS) is 10.8. The molecule has 0 atom stereocenters. The fourth-order valence-corrected chi connectivity index (χ4v) is 2.80. The first-order valence-electron chi connectivity index (χ1n) is 8.97. The number of rotatable bonds is 7. The minimum absolute atomic E-state index is 0.109. The molecule has 3 aromatic carbocycles. The number of hydrogen-bond donors (Lipinski definition) is 2.